The van der Waals surface area contributed by atoms with E-state index < -0.39 is 18.1 Å². The van der Waals surface area contributed by atoms with E-state index in [1.54, 1.807) is 0 Å². The molecule has 0 aliphatic heterocycles. The van der Waals surface area contributed by atoms with E-state index in [-0.39, 0.29) is 37.1 Å². The van der Waals surface area contributed by atoms with Crippen LogP contribution in [0.4, 0.5) is 5.82 Å². The summed E-state index contributed by atoms with van der Waals surface area (Å²) in [5, 5.41) is 17.7. The van der Waals surface area contributed by atoms with Crippen molar-refractivity contribution in [2.75, 3.05) is 25.4 Å². The predicted molar refractivity (Wildman–Crippen MR) is 200 cm³/mol. The lowest BCUT2D eigenvalue weighted by atomic mass is 10.1. The molecule has 0 bridgehead atoms. The quantitative estimate of drug-likeness (QED) is 0.0493. The molecule has 3 amide bonds. The first kappa shape index (κ1) is 43.3. The van der Waals surface area contributed by atoms with E-state index in [1.165, 1.54) is 13.8 Å². The summed E-state index contributed by atoms with van der Waals surface area (Å²) in [4.78, 5) is 62.7. The summed E-state index contributed by atoms with van der Waals surface area (Å²) in [7, 11) is 0. The zero-order valence-corrected chi connectivity index (χ0v) is 28.9. The molecule has 0 radical (unpaired) electrons. The number of hydrogen-bond acceptors (Lipinski definition) is 9. The van der Waals surface area contributed by atoms with Crippen molar-refractivity contribution in [1.29, 1.82) is 0 Å². The predicted octanol–water partition coefficient (Wildman–Crippen LogP) is 0.449. The van der Waals surface area contributed by atoms with Crippen LogP contribution in [0.15, 0.2) is 34.3 Å². The number of nitrogens with two attached hydrogens (primary N) is 5. The van der Waals surface area contributed by atoms with Gasteiger partial charge in [-0.1, -0.05) is 39.0 Å². The third-order valence-electron chi connectivity index (χ3n) is 7.34. The Morgan fingerprint density at radius 2 is 1.45 bits per heavy atom. The van der Waals surface area contributed by atoms with E-state index in [0.717, 1.165) is 41.5 Å². The van der Waals surface area contributed by atoms with Crippen LogP contribution >= 0.6 is 0 Å². The second-order valence-electron chi connectivity index (χ2n) is 11.5. The molecule has 0 saturated heterocycles. The number of anilines is 1. The van der Waals surface area contributed by atoms with Gasteiger partial charge in [0.2, 0.25) is 17.7 Å². The van der Waals surface area contributed by atoms with Crippen molar-refractivity contribution in [3.8, 4) is 0 Å². The Balaban J connectivity index is 0.000000689. The van der Waals surface area contributed by atoms with Crippen LogP contribution < -0.4 is 44.6 Å². The van der Waals surface area contributed by atoms with E-state index in [0.29, 0.717) is 63.2 Å². The molecule has 51 heavy (non-hydrogen) atoms. The number of pyridine rings is 1. The molecule has 2 aromatic heterocycles. The Morgan fingerprint density at radius 1 is 0.882 bits per heavy atom. The van der Waals surface area contributed by atoms with Gasteiger partial charge in [-0.15, -0.1) is 0 Å². The smallest absolute Gasteiger partial charge is 0.326 e. The lowest BCUT2D eigenvalue weighted by Gasteiger charge is -2.18. The number of nitrogens with zero attached hydrogens (tertiary/aromatic N) is 5. The summed E-state index contributed by atoms with van der Waals surface area (Å²) >= 11 is 0. The number of amides is 3. The number of benzene rings is 1. The van der Waals surface area contributed by atoms with Crippen LogP contribution in [0.2, 0.25) is 0 Å². The highest BCUT2D eigenvalue weighted by molar-refractivity contribution is 6.06. The molecule has 18 nitrogen and oxygen atoms in total. The number of rotatable bonds is 18. The van der Waals surface area contributed by atoms with E-state index in [4.69, 9.17) is 38.8 Å². The number of hydrogen-bond donors (Lipinski definition) is 9. The maximum Gasteiger partial charge on any atom is 0.326 e. The topological polar surface area (TPSA) is 310 Å². The average Bonchev–Trinajstić information content (AvgIpc) is 3.41. The molecule has 3 aromatic rings. The summed E-state index contributed by atoms with van der Waals surface area (Å²) < 4.78 is 2.12. The molecule has 14 N–H and O–H groups in total. The van der Waals surface area contributed by atoms with Gasteiger partial charge in [0.1, 0.15) is 23.4 Å². The molecule has 2 heterocycles. The van der Waals surface area contributed by atoms with Crippen molar-refractivity contribution < 1.29 is 24.3 Å². The fourth-order valence-electron chi connectivity index (χ4n) is 5.11. The van der Waals surface area contributed by atoms with Gasteiger partial charge in [-0.25, -0.2) is 14.8 Å². The van der Waals surface area contributed by atoms with E-state index >= 15 is 0 Å². The number of aliphatic carboxylic acids is 1. The zero-order valence-electron chi connectivity index (χ0n) is 28.9. The van der Waals surface area contributed by atoms with E-state index in [9.17, 15) is 19.2 Å². The Kier molecular flexibility index (Phi) is 18.8. The van der Waals surface area contributed by atoms with Crippen LogP contribution in [-0.4, -0.2) is 87.0 Å². The number of unbranched alkanes of at least 4 members (excludes halogenated alkanes) is 1. The number of imidazole rings is 1. The summed E-state index contributed by atoms with van der Waals surface area (Å²) in [6.07, 6.45) is 4.59. The van der Waals surface area contributed by atoms with Gasteiger partial charge in [-0.05, 0) is 38.2 Å². The lowest BCUT2D eigenvalue weighted by Crippen LogP contribution is -2.46. The second kappa shape index (κ2) is 22.1. The molecule has 0 saturated carbocycles. The van der Waals surface area contributed by atoms with E-state index in [1.807, 2.05) is 24.3 Å². The summed E-state index contributed by atoms with van der Waals surface area (Å²) in [6.45, 7) is 6.40. The summed E-state index contributed by atoms with van der Waals surface area (Å²) in [5.74, 6) is -0.678. The van der Waals surface area contributed by atoms with Crippen molar-refractivity contribution in [1.82, 2.24) is 30.5 Å². The van der Waals surface area contributed by atoms with Gasteiger partial charge in [0, 0.05) is 51.8 Å². The molecule has 0 aliphatic rings. The Morgan fingerprint density at radius 3 is 2.00 bits per heavy atom. The van der Waals surface area contributed by atoms with Crippen LogP contribution in [0.5, 0.6) is 0 Å². The standard InChI is InChI=1S/C24H35N9O2.C8H16N4O3.CH4/c1-3-4-11-19-32-20-21(16-8-5-6-9-17(16)31-22(20)25)33(19)14-13-28-23(35)18(30-15(2)34)10-7-12-29-24(26)27;1-5(13)12-6(7(14)15)3-2-4-11-8(9)10;/h5-6,8-9,18H,3-4,7,10-14H2,1-2H3,(H2,25,31)(H,28,35)(H,30,34)(H4,26,27,29);6H,2-4H2,1H3,(H,12,13)(H,14,15)(H4,9,10,11);1H4/t18-;6-;/m00./s1. The third kappa shape index (κ3) is 14.8. The number of aliphatic imine (C=N–C) groups is 2. The van der Waals surface area contributed by atoms with Crippen molar-refractivity contribution >= 4 is 63.4 Å². The number of aryl methyl sites for hydroxylation is 1. The minimum Gasteiger partial charge on any atom is -0.480 e. The SMILES string of the molecule is C.CC(=O)N[C@@H](CCCN=C(N)N)C(=O)O.CCCCc1nc2c(N)nc3ccccc3c2n1CCNC(=O)[C@H](CCCN=C(N)N)NC(C)=O. The molecule has 282 valence electrons. The highest BCUT2D eigenvalue weighted by Gasteiger charge is 2.21. The molecular formula is C33H55N13O5. The number of nitrogen functional groups attached to an aromatic ring is 1. The molecule has 0 unspecified atom stereocenters. The van der Waals surface area contributed by atoms with Crippen LogP contribution in [0.25, 0.3) is 21.9 Å². The van der Waals surface area contributed by atoms with Crippen molar-refractivity contribution in [2.45, 2.75) is 91.8 Å². The highest BCUT2D eigenvalue weighted by Crippen LogP contribution is 2.29. The second-order valence-corrected chi connectivity index (χ2v) is 11.5. The van der Waals surface area contributed by atoms with Crippen LogP contribution in [0, 0.1) is 0 Å². The zero-order chi connectivity index (χ0) is 37.2. The summed E-state index contributed by atoms with van der Waals surface area (Å²) in [6, 6.07) is 6.28. The fraction of sp³-hybridized carbons (Fsp3) is 0.515. The average molecular weight is 714 g/mol. The Labute approximate surface area is 298 Å². The Bertz CT molecular complexity index is 1660. The van der Waals surface area contributed by atoms with Crippen molar-refractivity contribution in [3.05, 3.63) is 30.1 Å². The normalized spacial score (nSPS) is 11.6. The van der Waals surface area contributed by atoms with Crippen LogP contribution in [0.1, 0.15) is 72.5 Å². The van der Waals surface area contributed by atoms with Gasteiger partial charge in [-0.3, -0.25) is 24.4 Å². The van der Waals surface area contributed by atoms with Gasteiger partial charge in [0.15, 0.2) is 17.7 Å². The van der Waals surface area contributed by atoms with Gasteiger partial charge in [0.25, 0.3) is 0 Å². The highest BCUT2D eigenvalue weighted by atomic mass is 16.4. The number of carbonyl (C=O) groups is 4. The largest absolute Gasteiger partial charge is 0.480 e. The van der Waals surface area contributed by atoms with Crippen molar-refractivity contribution in [2.24, 2.45) is 32.9 Å². The maximum atomic E-state index is 12.9. The number of aromatic nitrogens is 3. The fourth-order valence-corrected chi connectivity index (χ4v) is 5.11. The van der Waals surface area contributed by atoms with Gasteiger partial charge >= 0.3 is 5.97 Å². The number of para-hydroxylation sites is 1. The molecule has 1 aromatic carbocycles. The first-order valence-electron chi connectivity index (χ1n) is 16.4. The molecule has 0 spiro atoms. The maximum absolute atomic E-state index is 12.9. The third-order valence-corrected chi connectivity index (χ3v) is 7.34. The number of carboxylic acids is 1. The summed E-state index contributed by atoms with van der Waals surface area (Å²) in [5.41, 5.74) is 29.5. The van der Waals surface area contributed by atoms with Gasteiger partial charge < -0.3 is 54.3 Å². The lowest BCUT2D eigenvalue weighted by molar-refractivity contribution is -0.141. The molecule has 2 atom stereocenters. The molecule has 3 rings (SSSR count). The van der Waals surface area contributed by atoms with E-state index in [2.05, 4.69) is 42.4 Å². The minimum atomic E-state index is -1.06. The number of carboxylic acid groups (broad SMARTS) is 1. The minimum absolute atomic E-state index is 0. The molecule has 18 heteroatoms. The van der Waals surface area contributed by atoms with Crippen molar-refractivity contribution in [3.63, 3.8) is 0 Å². The monoisotopic (exact) mass is 713 g/mol. The number of fused-ring (bicyclic) bond motifs is 3. The molecule has 0 aliphatic carbocycles. The first-order valence-corrected chi connectivity index (χ1v) is 16.4. The number of carbonyl (C=O) groups excluding carboxylic acids is 3. The van der Waals surface area contributed by atoms with Gasteiger partial charge in [0.05, 0.1) is 11.0 Å². The molecular weight excluding hydrogens is 658 g/mol. The number of nitrogens with one attached hydrogen (secondary N) is 3. The Hall–Kier alpha value is -5.68. The number of guanidine groups is 2. The van der Waals surface area contributed by atoms with Gasteiger partial charge in [-0.2, -0.15) is 0 Å². The van der Waals surface area contributed by atoms with Crippen LogP contribution in [0.3, 0.4) is 0 Å². The first-order chi connectivity index (χ1) is 23.7. The van der Waals surface area contributed by atoms with Crippen LogP contribution in [-0.2, 0) is 32.1 Å². The molecule has 0 fully saturated rings.